The average molecular weight is 263 g/mol. The van der Waals surface area contributed by atoms with Gasteiger partial charge in [0.25, 0.3) is 0 Å². The van der Waals surface area contributed by atoms with Gasteiger partial charge in [-0.3, -0.25) is 0 Å². The Morgan fingerprint density at radius 2 is 2.00 bits per heavy atom. The standard InChI is InChI=1S/C12H16F3NO2/c1-7(17)6-16-8(2)10-4-3-9(13)5-11(10)18-12(14)15/h3-5,7-8,12,16-17H,6H2,1-2H3. The van der Waals surface area contributed by atoms with E-state index in [0.717, 1.165) is 6.07 Å². The van der Waals surface area contributed by atoms with Crippen molar-refractivity contribution in [2.24, 2.45) is 0 Å². The van der Waals surface area contributed by atoms with E-state index >= 15 is 0 Å². The number of rotatable bonds is 6. The highest BCUT2D eigenvalue weighted by Crippen LogP contribution is 2.27. The lowest BCUT2D eigenvalue weighted by atomic mass is 10.1. The molecule has 0 fully saturated rings. The molecule has 0 aromatic heterocycles. The minimum absolute atomic E-state index is 0.199. The van der Waals surface area contributed by atoms with Crippen molar-refractivity contribution < 1.29 is 23.0 Å². The van der Waals surface area contributed by atoms with E-state index in [4.69, 9.17) is 5.11 Å². The first-order valence-electron chi connectivity index (χ1n) is 5.56. The van der Waals surface area contributed by atoms with Crippen LogP contribution in [0.15, 0.2) is 18.2 Å². The number of aliphatic hydroxyl groups is 1. The molecule has 2 atom stereocenters. The van der Waals surface area contributed by atoms with Crippen molar-refractivity contribution in [2.75, 3.05) is 6.54 Å². The first-order chi connectivity index (χ1) is 8.40. The van der Waals surface area contributed by atoms with Crippen LogP contribution in [0.3, 0.4) is 0 Å². The summed E-state index contributed by atoms with van der Waals surface area (Å²) in [6.45, 7) is 0.608. The average Bonchev–Trinajstić information content (AvgIpc) is 2.25. The molecule has 0 aliphatic carbocycles. The van der Waals surface area contributed by atoms with Gasteiger partial charge in [0.15, 0.2) is 0 Å². The number of hydrogen-bond donors (Lipinski definition) is 2. The quantitative estimate of drug-likeness (QED) is 0.828. The van der Waals surface area contributed by atoms with Crippen molar-refractivity contribution in [1.82, 2.24) is 5.32 Å². The number of nitrogens with one attached hydrogen (secondary N) is 1. The zero-order chi connectivity index (χ0) is 13.7. The molecule has 0 heterocycles. The van der Waals surface area contributed by atoms with Crippen molar-refractivity contribution in [2.45, 2.75) is 32.6 Å². The van der Waals surface area contributed by atoms with Crippen molar-refractivity contribution in [3.63, 3.8) is 0 Å². The van der Waals surface area contributed by atoms with Crippen LogP contribution in [0.4, 0.5) is 13.2 Å². The fraction of sp³-hybridized carbons (Fsp3) is 0.500. The molecule has 0 saturated heterocycles. The Kier molecular flexibility index (Phi) is 5.43. The van der Waals surface area contributed by atoms with Crippen LogP contribution in [-0.2, 0) is 0 Å². The normalized spacial score (nSPS) is 14.6. The summed E-state index contributed by atoms with van der Waals surface area (Å²) in [5, 5.41) is 12.1. The monoisotopic (exact) mass is 263 g/mol. The molecule has 1 aromatic carbocycles. The van der Waals surface area contributed by atoms with E-state index in [2.05, 4.69) is 10.1 Å². The molecule has 0 aliphatic rings. The van der Waals surface area contributed by atoms with Crippen LogP contribution in [0, 0.1) is 5.82 Å². The molecular formula is C12H16F3NO2. The van der Waals surface area contributed by atoms with E-state index in [1.807, 2.05) is 0 Å². The lowest BCUT2D eigenvalue weighted by Gasteiger charge is -2.19. The van der Waals surface area contributed by atoms with Gasteiger partial charge in [-0.25, -0.2) is 4.39 Å². The van der Waals surface area contributed by atoms with Crippen LogP contribution in [0.5, 0.6) is 5.75 Å². The molecule has 18 heavy (non-hydrogen) atoms. The summed E-state index contributed by atoms with van der Waals surface area (Å²) in [6.07, 6.45) is -0.563. The van der Waals surface area contributed by atoms with Gasteiger partial charge in [-0.2, -0.15) is 8.78 Å². The molecule has 1 aromatic rings. The van der Waals surface area contributed by atoms with Crippen molar-refractivity contribution in [3.05, 3.63) is 29.6 Å². The van der Waals surface area contributed by atoms with Crippen LogP contribution >= 0.6 is 0 Å². The summed E-state index contributed by atoms with van der Waals surface area (Å²) in [7, 11) is 0. The fourth-order valence-electron chi connectivity index (χ4n) is 1.52. The number of aliphatic hydroxyl groups excluding tert-OH is 1. The molecule has 0 amide bonds. The summed E-state index contributed by atoms with van der Waals surface area (Å²) in [5.74, 6) is -0.840. The molecule has 0 radical (unpaired) electrons. The maximum Gasteiger partial charge on any atom is 0.387 e. The lowest BCUT2D eigenvalue weighted by Crippen LogP contribution is -2.27. The van der Waals surface area contributed by atoms with Gasteiger partial charge in [0.05, 0.1) is 6.10 Å². The third-order valence-electron chi connectivity index (χ3n) is 2.38. The van der Waals surface area contributed by atoms with Crippen LogP contribution in [0.2, 0.25) is 0 Å². The summed E-state index contributed by atoms with van der Waals surface area (Å²) >= 11 is 0. The van der Waals surface area contributed by atoms with Crippen LogP contribution < -0.4 is 10.1 Å². The van der Waals surface area contributed by atoms with E-state index in [9.17, 15) is 13.2 Å². The van der Waals surface area contributed by atoms with Gasteiger partial charge in [0, 0.05) is 24.2 Å². The molecule has 1 rings (SSSR count). The first kappa shape index (κ1) is 14.8. The maximum atomic E-state index is 13.0. The summed E-state index contributed by atoms with van der Waals surface area (Å²) in [6, 6.07) is 3.14. The zero-order valence-electron chi connectivity index (χ0n) is 10.2. The Hall–Kier alpha value is -1.27. The van der Waals surface area contributed by atoms with Crippen molar-refractivity contribution in [1.29, 1.82) is 0 Å². The number of ether oxygens (including phenoxy) is 1. The molecule has 0 spiro atoms. The fourth-order valence-corrected chi connectivity index (χ4v) is 1.52. The third-order valence-corrected chi connectivity index (χ3v) is 2.38. The SMILES string of the molecule is CC(O)CNC(C)c1ccc(F)cc1OC(F)F. The van der Waals surface area contributed by atoms with E-state index in [1.54, 1.807) is 13.8 Å². The van der Waals surface area contributed by atoms with Crippen molar-refractivity contribution >= 4 is 0 Å². The topological polar surface area (TPSA) is 41.5 Å². The molecule has 0 bridgehead atoms. The highest BCUT2D eigenvalue weighted by atomic mass is 19.3. The summed E-state index contributed by atoms with van der Waals surface area (Å²) in [5.41, 5.74) is 0.414. The number of benzene rings is 1. The van der Waals surface area contributed by atoms with Crippen LogP contribution in [-0.4, -0.2) is 24.4 Å². The Morgan fingerprint density at radius 1 is 1.33 bits per heavy atom. The number of alkyl halides is 2. The second-order valence-corrected chi connectivity index (χ2v) is 4.04. The largest absolute Gasteiger partial charge is 0.434 e. The van der Waals surface area contributed by atoms with Crippen LogP contribution in [0.25, 0.3) is 0 Å². The third kappa shape index (κ3) is 4.54. The van der Waals surface area contributed by atoms with E-state index in [1.165, 1.54) is 12.1 Å². The second-order valence-electron chi connectivity index (χ2n) is 4.04. The minimum atomic E-state index is -3.01. The lowest BCUT2D eigenvalue weighted by molar-refractivity contribution is -0.0508. The molecule has 102 valence electrons. The van der Waals surface area contributed by atoms with Gasteiger partial charge >= 0.3 is 6.61 Å². The Bertz CT molecular complexity index is 386. The number of halogens is 3. The minimum Gasteiger partial charge on any atom is -0.434 e. The van der Waals surface area contributed by atoms with Gasteiger partial charge in [-0.15, -0.1) is 0 Å². The zero-order valence-corrected chi connectivity index (χ0v) is 10.2. The van der Waals surface area contributed by atoms with Crippen molar-refractivity contribution in [3.8, 4) is 5.75 Å². The first-order valence-corrected chi connectivity index (χ1v) is 5.56. The number of hydrogen-bond acceptors (Lipinski definition) is 3. The molecule has 3 nitrogen and oxygen atoms in total. The molecule has 2 N–H and O–H groups in total. The molecule has 0 aliphatic heterocycles. The second kappa shape index (κ2) is 6.61. The summed E-state index contributed by atoms with van der Waals surface area (Å²) in [4.78, 5) is 0. The molecule has 6 heteroatoms. The molecule has 2 unspecified atom stereocenters. The van der Waals surface area contributed by atoms with Crippen LogP contribution in [0.1, 0.15) is 25.5 Å². The van der Waals surface area contributed by atoms with Gasteiger partial charge in [-0.1, -0.05) is 6.07 Å². The predicted octanol–water partition coefficient (Wildman–Crippen LogP) is 2.46. The maximum absolute atomic E-state index is 13.0. The Balaban J connectivity index is 2.85. The summed E-state index contributed by atoms with van der Waals surface area (Å²) < 4.78 is 41.7. The highest BCUT2D eigenvalue weighted by Gasteiger charge is 2.16. The van der Waals surface area contributed by atoms with E-state index in [0.29, 0.717) is 12.1 Å². The van der Waals surface area contributed by atoms with E-state index < -0.39 is 18.5 Å². The smallest absolute Gasteiger partial charge is 0.387 e. The predicted molar refractivity (Wildman–Crippen MR) is 61.1 cm³/mol. The Labute approximate surface area is 104 Å². The van der Waals surface area contributed by atoms with Gasteiger partial charge in [0.2, 0.25) is 0 Å². The van der Waals surface area contributed by atoms with Gasteiger partial charge < -0.3 is 15.2 Å². The van der Waals surface area contributed by atoms with Gasteiger partial charge in [-0.05, 0) is 19.9 Å². The van der Waals surface area contributed by atoms with Gasteiger partial charge in [0.1, 0.15) is 11.6 Å². The molecule has 0 saturated carbocycles. The molecular weight excluding hydrogens is 247 g/mol. The van der Waals surface area contributed by atoms with E-state index in [-0.39, 0.29) is 11.8 Å². The highest BCUT2D eigenvalue weighted by molar-refractivity contribution is 5.36. The Morgan fingerprint density at radius 3 is 2.56 bits per heavy atom.